The first-order chi connectivity index (χ1) is 13.1. The summed E-state index contributed by atoms with van der Waals surface area (Å²) in [5, 5.41) is 4.27. The SMILES string of the molecule is CN(C(=O)C[C@@H]1CCNC1)c1ccc(-c2ccc3ncccc3c2)cc1F. The highest BCUT2D eigenvalue weighted by Crippen LogP contribution is 2.28. The maximum absolute atomic E-state index is 14.8. The molecule has 4 nitrogen and oxygen atoms in total. The smallest absolute Gasteiger partial charge is 0.227 e. The Morgan fingerprint density at radius 2 is 2.04 bits per heavy atom. The molecule has 0 unspecified atom stereocenters. The molecular formula is C22H22FN3O. The van der Waals surface area contributed by atoms with Crippen LogP contribution in [0.1, 0.15) is 12.8 Å². The molecule has 4 rings (SSSR count). The van der Waals surface area contributed by atoms with E-state index < -0.39 is 0 Å². The number of benzene rings is 2. The van der Waals surface area contributed by atoms with Crippen LogP contribution in [0, 0.1) is 11.7 Å². The van der Waals surface area contributed by atoms with Crippen LogP contribution in [0.25, 0.3) is 22.0 Å². The summed E-state index contributed by atoms with van der Waals surface area (Å²) in [6.45, 7) is 1.81. The fraction of sp³-hybridized carbons (Fsp3) is 0.273. The lowest BCUT2D eigenvalue weighted by Crippen LogP contribution is -2.29. The Morgan fingerprint density at radius 3 is 2.81 bits per heavy atom. The van der Waals surface area contributed by atoms with E-state index in [4.69, 9.17) is 0 Å². The summed E-state index contributed by atoms with van der Waals surface area (Å²) in [5.41, 5.74) is 2.93. The number of hydrogen-bond donors (Lipinski definition) is 1. The number of pyridine rings is 1. The van der Waals surface area contributed by atoms with Crippen LogP contribution in [0.2, 0.25) is 0 Å². The molecule has 0 saturated carbocycles. The van der Waals surface area contributed by atoms with Gasteiger partial charge >= 0.3 is 0 Å². The van der Waals surface area contributed by atoms with Crippen LogP contribution in [0.5, 0.6) is 0 Å². The Balaban J connectivity index is 1.56. The second kappa shape index (κ2) is 7.45. The molecule has 2 heterocycles. The number of hydrogen-bond acceptors (Lipinski definition) is 3. The van der Waals surface area contributed by atoms with Gasteiger partial charge in [0, 0.05) is 25.1 Å². The standard InChI is InChI=1S/C22H22FN3O/c1-26(22(27)11-15-8-10-24-14-15)21-7-5-17(13-19(21)23)16-4-6-20-18(12-16)3-2-9-25-20/h2-7,9,12-13,15,24H,8,10-11,14H2,1H3/t15-/m0/s1. The van der Waals surface area contributed by atoms with E-state index in [0.29, 0.717) is 18.0 Å². The molecule has 1 N–H and O–H groups in total. The molecule has 1 amide bonds. The van der Waals surface area contributed by atoms with E-state index in [2.05, 4.69) is 10.3 Å². The summed E-state index contributed by atoms with van der Waals surface area (Å²) >= 11 is 0. The largest absolute Gasteiger partial charge is 0.316 e. The monoisotopic (exact) mass is 363 g/mol. The summed E-state index contributed by atoms with van der Waals surface area (Å²) in [5.74, 6) is -0.0974. The molecule has 0 spiro atoms. The number of carbonyl (C=O) groups excluding carboxylic acids is 1. The lowest BCUT2D eigenvalue weighted by molar-refractivity contribution is -0.119. The summed E-state index contributed by atoms with van der Waals surface area (Å²) < 4.78 is 14.8. The number of carbonyl (C=O) groups is 1. The van der Waals surface area contributed by atoms with E-state index in [1.165, 1.54) is 11.0 Å². The van der Waals surface area contributed by atoms with E-state index in [0.717, 1.165) is 41.5 Å². The Hall–Kier alpha value is -2.79. The van der Waals surface area contributed by atoms with E-state index in [1.807, 2.05) is 36.4 Å². The average Bonchev–Trinajstić information content (AvgIpc) is 3.20. The molecule has 138 valence electrons. The molecule has 5 heteroatoms. The van der Waals surface area contributed by atoms with Crippen molar-refractivity contribution in [1.29, 1.82) is 0 Å². The fourth-order valence-electron chi connectivity index (χ4n) is 3.62. The number of halogens is 1. The van der Waals surface area contributed by atoms with Gasteiger partial charge in [-0.25, -0.2) is 4.39 Å². The molecule has 1 aliphatic rings. The van der Waals surface area contributed by atoms with Crippen LogP contribution >= 0.6 is 0 Å². The quantitative estimate of drug-likeness (QED) is 0.762. The van der Waals surface area contributed by atoms with Crippen molar-refractivity contribution >= 4 is 22.5 Å². The van der Waals surface area contributed by atoms with Gasteiger partial charge in [-0.05, 0) is 66.9 Å². The lowest BCUT2D eigenvalue weighted by atomic mass is 10.0. The molecule has 0 aliphatic carbocycles. The van der Waals surface area contributed by atoms with Crippen molar-refractivity contribution in [1.82, 2.24) is 10.3 Å². The predicted octanol–water partition coefficient (Wildman–Crippen LogP) is 4.00. The summed E-state index contributed by atoms with van der Waals surface area (Å²) in [6.07, 6.45) is 3.20. The zero-order chi connectivity index (χ0) is 18.8. The zero-order valence-corrected chi connectivity index (χ0v) is 15.3. The molecule has 1 fully saturated rings. The first-order valence-corrected chi connectivity index (χ1v) is 9.24. The Labute approximate surface area is 158 Å². The number of nitrogens with zero attached hydrogens (tertiary/aromatic N) is 2. The molecule has 1 saturated heterocycles. The number of aromatic nitrogens is 1. The van der Waals surface area contributed by atoms with Crippen molar-refractivity contribution in [3.63, 3.8) is 0 Å². The molecule has 3 aromatic rings. The van der Waals surface area contributed by atoms with Crippen LogP contribution in [0.4, 0.5) is 10.1 Å². The van der Waals surface area contributed by atoms with Gasteiger partial charge in [0.25, 0.3) is 0 Å². The Kier molecular flexibility index (Phi) is 4.86. The van der Waals surface area contributed by atoms with Gasteiger partial charge in [0.1, 0.15) is 5.82 Å². The summed E-state index contributed by atoms with van der Waals surface area (Å²) in [7, 11) is 1.64. The molecule has 2 aromatic carbocycles. The van der Waals surface area contributed by atoms with Crippen molar-refractivity contribution in [2.24, 2.45) is 5.92 Å². The second-order valence-corrected chi connectivity index (χ2v) is 7.09. The lowest BCUT2D eigenvalue weighted by Gasteiger charge is -2.20. The third kappa shape index (κ3) is 3.69. The maximum atomic E-state index is 14.8. The highest BCUT2D eigenvalue weighted by molar-refractivity contribution is 5.93. The van der Waals surface area contributed by atoms with Gasteiger partial charge in [-0.1, -0.05) is 18.2 Å². The highest BCUT2D eigenvalue weighted by Gasteiger charge is 2.22. The number of fused-ring (bicyclic) bond motifs is 1. The van der Waals surface area contributed by atoms with Crippen molar-refractivity contribution in [3.05, 3.63) is 60.5 Å². The van der Waals surface area contributed by atoms with Crippen LogP contribution in [-0.2, 0) is 4.79 Å². The number of amides is 1. The van der Waals surface area contributed by atoms with Crippen LogP contribution in [0.3, 0.4) is 0 Å². The minimum absolute atomic E-state index is 0.0490. The number of rotatable bonds is 4. The summed E-state index contributed by atoms with van der Waals surface area (Å²) in [6, 6.07) is 14.8. The average molecular weight is 363 g/mol. The van der Waals surface area contributed by atoms with E-state index in [9.17, 15) is 9.18 Å². The number of nitrogens with one attached hydrogen (secondary N) is 1. The minimum Gasteiger partial charge on any atom is -0.316 e. The second-order valence-electron chi connectivity index (χ2n) is 7.09. The predicted molar refractivity (Wildman–Crippen MR) is 106 cm³/mol. The Morgan fingerprint density at radius 1 is 1.22 bits per heavy atom. The van der Waals surface area contributed by atoms with Crippen molar-refractivity contribution in [3.8, 4) is 11.1 Å². The zero-order valence-electron chi connectivity index (χ0n) is 15.3. The van der Waals surface area contributed by atoms with E-state index in [1.54, 1.807) is 19.3 Å². The molecule has 0 bridgehead atoms. The topological polar surface area (TPSA) is 45.2 Å². The van der Waals surface area contributed by atoms with Crippen LogP contribution < -0.4 is 10.2 Å². The van der Waals surface area contributed by atoms with Crippen LogP contribution in [0.15, 0.2) is 54.7 Å². The summed E-state index contributed by atoms with van der Waals surface area (Å²) in [4.78, 5) is 18.2. The van der Waals surface area contributed by atoms with Gasteiger partial charge in [-0.2, -0.15) is 0 Å². The van der Waals surface area contributed by atoms with Crippen molar-refractivity contribution < 1.29 is 9.18 Å². The molecular weight excluding hydrogens is 341 g/mol. The molecule has 1 atom stereocenters. The highest BCUT2D eigenvalue weighted by atomic mass is 19.1. The van der Waals surface area contributed by atoms with Gasteiger partial charge in [0.15, 0.2) is 0 Å². The van der Waals surface area contributed by atoms with E-state index in [-0.39, 0.29) is 11.7 Å². The molecule has 1 aromatic heterocycles. The molecule has 0 radical (unpaired) electrons. The Bertz CT molecular complexity index is 982. The third-order valence-corrected chi connectivity index (χ3v) is 5.25. The minimum atomic E-state index is -0.390. The van der Waals surface area contributed by atoms with Gasteiger partial charge in [-0.15, -0.1) is 0 Å². The molecule has 1 aliphatic heterocycles. The van der Waals surface area contributed by atoms with Gasteiger partial charge in [0.05, 0.1) is 11.2 Å². The number of anilines is 1. The van der Waals surface area contributed by atoms with Gasteiger partial charge in [0.2, 0.25) is 5.91 Å². The van der Waals surface area contributed by atoms with Crippen LogP contribution in [-0.4, -0.2) is 31.0 Å². The van der Waals surface area contributed by atoms with Gasteiger partial charge in [-0.3, -0.25) is 9.78 Å². The normalized spacial score (nSPS) is 16.6. The van der Waals surface area contributed by atoms with Gasteiger partial charge < -0.3 is 10.2 Å². The van der Waals surface area contributed by atoms with Crippen molar-refractivity contribution in [2.75, 3.05) is 25.0 Å². The fourth-order valence-corrected chi connectivity index (χ4v) is 3.62. The maximum Gasteiger partial charge on any atom is 0.227 e. The first kappa shape index (κ1) is 17.6. The van der Waals surface area contributed by atoms with E-state index >= 15 is 0 Å². The first-order valence-electron chi connectivity index (χ1n) is 9.24. The van der Waals surface area contributed by atoms with Crippen molar-refractivity contribution in [2.45, 2.75) is 12.8 Å². The third-order valence-electron chi connectivity index (χ3n) is 5.25. The molecule has 27 heavy (non-hydrogen) atoms.